The number of ether oxygens (including phenoxy) is 1. The number of hydrogen-bond acceptors (Lipinski definition) is 4. The Morgan fingerprint density at radius 2 is 1.89 bits per heavy atom. The normalized spacial score (nSPS) is 12.0. The van der Waals surface area contributed by atoms with E-state index < -0.39 is 5.97 Å². The van der Waals surface area contributed by atoms with Crippen LogP contribution in [-0.4, -0.2) is 23.6 Å². The molecule has 0 unspecified atom stereocenters. The maximum absolute atomic E-state index is 13.6. The first-order chi connectivity index (χ1) is 13.4. The van der Waals surface area contributed by atoms with Crippen molar-refractivity contribution < 1.29 is 18.7 Å². The van der Waals surface area contributed by atoms with Crippen LogP contribution in [0.1, 0.15) is 30.9 Å². The van der Waals surface area contributed by atoms with Gasteiger partial charge in [0, 0.05) is 0 Å². The molecule has 1 heterocycles. The molecule has 0 saturated carbocycles. The molecule has 0 aliphatic carbocycles. The Bertz CT molecular complexity index is 1080. The number of esters is 1. The van der Waals surface area contributed by atoms with E-state index in [4.69, 9.17) is 4.74 Å². The van der Waals surface area contributed by atoms with Gasteiger partial charge in [0.15, 0.2) is 4.80 Å². The van der Waals surface area contributed by atoms with E-state index in [-0.39, 0.29) is 24.7 Å². The van der Waals surface area contributed by atoms with E-state index in [1.54, 1.807) is 10.6 Å². The highest BCUT2D eigenvalue weighted by Crippen LogP contribution is 2.19. The highest BCUT2D eigenvalue weighted by Gasteiger charge is 2.13. The third-order valence-electron chi connectivity index (χ3n) is 4.38. The Hall–Kier alpha value is -2.80. The molecule has 0 atom stereocenters. The van der Waals surface area contributed by atoms with Crippen molar-refractivity contribution >= 4 is 33.4 Å². The summed E-state index contributed by atoms with van der Waals surface area (Å²) >= 11 is 1.16. The van der Waals surface area contributed by atoms with Gasteiger partial charge < -0.3 is 9.30 Å². The molecule has 2 aromatic carbocycles. The maximum atomic E-state index is 13.6. The molecule has 7 heteroatoms. The molecule has 0 fully saturated rings. The quantitative estimate of drug-likeness (QED) is 0.612. The Kier molecular flexibility index (Phi) is 6.04. The van der Waals surface area contributed by atoms with Crippen molar-refractivity contribution in [3.8, 4) is 0 Å². The lowest BCUT2D eigenvalue weighted by molar-refractivity contribution is -0.141. The number of methoxy groups -OCH3 is 1. The molecule has 0 N–H and O–H groups in total. The van der Waals surface area contributed by atoms with Gasteiger partial charge in [0.05, 0.1) is 23.7 Å². The number of nitrogens with zero attached hydrogens (tertiary/aromatic N) is 2. The molecule has 0 radical (unpaired) electrons. The molecule has 0 spiro atoms. The van der Waals surface area contributed by atoms with Crippen LogP contribution in [0, 0.1) is 5.82 Å². The molecule has 0 aliphatic rings. The highest BCUT2D eigenvalue weighted by atomic mass is 32.1. The lowest BCUT2D eigenvalue weighted by Gasteiger charge is -2.06. The van der Waals surface area contributed by atoms with Gasteiger partial charge in [-0.2, -0.15) is 4.99 Å². The van der Waals surface area contributed by atoms with Crippen LogP contribution in [-0.2, 0) is 27.3 Å². The van der Waals surface area contributed by atoms with Gasteiger partial charge in [-0.15, -0.1) is 0 Å². The van der Waals surface area contributed by atoms with Crippen LogP contribution in [0.15, 0.2) is 47.5 Å². The average molecular weight is 400 g/mol. The summed E-state index contributed by atoms with van der Waals surface area (Å²) < 4.78 is 20.5. The fraction of sp³-hybridized carbons (Fsp3) is 0.286. The number of hydrogen-bond donors (Lipinski definition) is 0. The zero-order valence-corrected chi connectivity index (χ0v) is 16.8. The summed E-state index contributed by atoms with van der Waals surface area (Å²) in [5.74, 6) is -0.766. The van der Waals surface area contributed by atoms with Crippen LogP contribution in [0.2, 0.25) is 0 Å². The van der Waals surface area contributed by atoms with Crippen molar-refractivity contribution in [2.75, 3.05) is 7.11 Å². The van der Waals surface area contributed by atoms with Crippen LogP contribution < -0.4 is 4.80 Å². The molecule has 146 valence electrons. The second-order valence-electron chi connectivity index (χ2n) is 6.74. The van der Waals surface area contributed by atoms with E-state index in [1.165, 1.54) is 24.8 Å². The first kappa shape index (κ1) is 19.9. The van der Waals surface area contributed by atoms with Crippen LogP contribution in [0.4, 0.5) is 4.39 Å². The molecule has 28 heavy (non-hydrogen) atoms. The Morgan fingerprint density at radius 1 is 1.18 bits per heavy atom. The van der Waals surface area contributed by atoms with E-state index >= 15 is 0 Å². The Balaban J connectivity index is 1.94. The summed E-state index contributed by atoms with van der Waals surface area (Å²) in [4.78, 5) is 28.8. The van der Waals surface area contributed by atoms with Gasteiger partial charge in [0.25, 0.3) is 5.91 Å². The van der Waals surface area contributed by atoms with Gasteiger partial charge in [-0.25, -0.2) is 4.39 Å². The minimum absolute atomic E-state index is 0.0999. The second-order valence-corrected chi connectivity index (χ2v) is 7.75. The molecule has 5 nitrogen and oxygen atoms in total. The number of halogens is 1. The number of carbonyl (C=O) groups excluding carboxylic acids is 2. The van der Waals surface area contributed by atoms with Crippen molar-refractivity contribution in [3.05, 3.63) is 64.2 Å². The van der Waals surface area contributed by atoms with Gasteiger partial charge in [-0.05, 0) is 35.2 Å². The number of rotatable bonds is 5. The second kappa shape index (κ2) is 8.48. The van der Waals surface area contributed by atoms with Crippen molar-refractivity contribution in [1.82, 2.24) is 4.57 Å². The molecular formula is C21H21FN2O3S. The average Bonchev–Trinajstić information content (AvgIpc) is 2.97. The number of aromatic nitrogens is 1. The van der Waals surface area contributed by atoms with Crippen molar-refractivity contribution in [1.29, 1.82) is 0 Å². The summed E-state index contributed by atoms with van der Waals surface area (Å²) in [6.45, 7) is 4.12. The molecule has 0 bridgehead atoms. The first-order valence-corrected chi connectivity index (χ1v) is 9.71. The number of benzene rings is 2. The summed E-state index contributed by atoms with van der Waals surface area (Å²) in [6.07, 6.45) is 0.152. The predicted molar refractivity (Wildman–Crippen MR) is 107 cm³/mol. The molecule has 3 aromatic rings. The Labute approximate surface area is 166 Å². The van der Waals surface area contributed by atoms with E-state index in [0.717, 1.165) is 16.9 Å². The van der Waals surface area contributed by atoms with Crippen LogP contribution in [0.25, 0.3) is 10.2 Å². The topological polar surface area (TPSA) is 60.7 Å². The van der Waals surface area contributed by atoms with Crippen molar-refractivity contribution in [3.63, 3.8) is 0 Å². The van der Waals surface area contributed by atoms with Gasteiger partial charge in [-0.3, -0.25) is 9.59 Å². The van der Waals surface area contributed by atoms with Gasteiger partial charge >= 0.3 is 5.97 Å². The van der Waals surface area contributed by atoms with Crippen LogP contribution in [0.3, 0.4) is 0 Å². The first-order valence-electron chi connectivity index (χ1n) is 8.89. The lowest BCUT2D eigenvalue weighted by atomic mass is 10.0. The molecule has 0 aliphatic heterocycles. The van der Waals surface area contributed by atoms with E-state index in [9.17, 15) is 14.0 Å². The van der Waals surface area contributed by atoms with Gasteiger partial charge in [0.2, 0.25) is 0 Å². The minimum atomic E-state index is -0.470. The third-order valence-corrected chi connectivity index (χ3v) is 5.42. The van der Waals surface area contributed by atoms with Gasteiger partial charge in [0.1, 0.15) is 12.4 Å². The minimum Gasteiger partial charge on any atom is -0.468 e. The monoisotopic (exact) mass is 400 g/mol. The van der Waals surface area contributed by atoms with Crippen molar-refractivity contribution in [2.45, 2.75) is 32.7 Å². The SMILES string of the molecule is COC(=O)Cn1c(=NC(=O)Cc2ccc(C(C)C)cc2)sc2cc(F)ccc21. The molecule has 0 saturated heterocycles. The number of carbonyl (C=O) groups is 2. The zero-order valence-electron chi connectivity index (χ0n) is 15.9. The summed E-state index contributed by atoms with van der Waals surface area (Å²) in [6, 6.07) is 12.1. The lowest BCUT2D eigenvalue weighted by Crippen LogP contribution is -2.22. The smallest absolute Gasteiger partial charge is 0.325 e. The summed E-state index contributed by atoms with van der Waals surface area (Å²) in [7, 11) is 1.29. The van der Waals surface area contributed by atoms with E-state index in [1.807, 2.05) is 24.3 Å². The summed E-state index contributed by atoms with van der Waals surface area (Å²) in [5.41, 5.74) is 2.70. The number of fused-ring (bicyclic) bond motifs is 1. The van der Waals surface area contributed by atoms with Crippen LogP contribution in [0.5, 0.6) is 0 Å². The molecular weight excluding hydrogens is 379 g/mol. The number of amides is 1. The Morgan fingerprint density at radius 3 is 2.54 bits per heavy atom. The maximum Gasteiger partial charge on any atom is 0.325 e. The number of thiazole rings is 1. The third kappa shape index (κ3) is 4.54. The summed E-state index contributed by atoms with van der Waals surface area (Å²) in [5, 5.41) is 0. The van der Waals surface area contributed by atoms with Crippen molar-refractivity contribution in [2.24, 2.45) is 4.99 Å². The fourth-order valence-corrected chi connectivity index (χ4v) is 3.89. The highest BCUT2D eigenvalue weighted by molar-refractivity contribution is 7.16. The molecule has 1 amide bonds. The van der Waals surface area contributed by atoms with E-state index in [0.29, 0.717) is 20.9 Å². The predicted octanol–water partition coefficient (Wildman–Crippen LogP) is 3.81. The fourth-order valence-electron chi connectivity index (χ4n) is 2.82. The largest absolute Gasteiger partial charge is 0.468 e. The molecule has 1 aromatic heterocycles. The van der Waals surface area contributed by atoms with Gasteiger partial charge in [-0.1, -0.05) is 49.4 Å². The standard InChI is InChI=1S/C21H21FN2O3S/c1-13(2)15-6-4-14(5-7-15)10-19(25)23-21-24(12-20(26)27-3)17-9-8-16(22)11-18(17)28-21/h4-9,11,13H,10,12H2,1-3H3. The van der Waals surface area contributed by atoms with E-state index in [2.05, 4.69) is 18.8 Å². The zero-order chi connectivity index (χ0) is 20.3. The molecule has 3 rings (SSSR count). The van der Waals surface area contributed by atoms with Crippen LogP contribution >= 0.6 is 11.3 Å².